The minimum atomic E-state index is -3.06. The van der Waals surface area contributed by atoms with Crippen molar-refractivity contribution < 1.29 is 31.1 Å². The van der Waals surface area contributed by atoms with Crippen molar-refractivity contribution in [3.8, 4) is 0 Å². The Balaban J connectivity index is 0.00000380. The summed E-state index contributed by atoms with van der Waals surface area (Å²) in [5.41, 5.74) is -3.80. The molecule has 1 aromatic carbocycles. The lowest BCUT2D eigenvalue weighted by Crippen LogP contribution is -2.46. The number of alkyl halides is 5. The number of carbonyl (C=O) groups is 1. The van der Waals surface area contributed by atoms with E-state index in [1.54, 1.807) is 0 Å². The fraction of sp³-hybridized carbons (Fsp3) is 0.500. The lowest BCUT2D eigenvalue weighted by atomic mass is 10.0. The Labute approximate surface area is 215 Å². The molecule has 1 amide bonds. The van der Waals surface area contributed by atoms with Crippen molar-refractivity contribution in [2.24, 2.45) is 0 Å². The molecule has 0 spiro atoms. The fourth-order valence-corrected chi connectivity index (χ4v) is 4.48. The number of hydrogen-bond donors (Lipinski definition) is 3. The van der Waals surface area contributed by atoms with Gasteiger partial charge in [-0.15, -0.1) is 12.4 Å². The summed E-state index contributed by atoms with van der Waals surface area (Å²) in [7, 11) is 0. The monoisotopic (exact) mass is 552 g/mol. The summed E-state index contributed by atoms with van der Waals surface area (Å²) in [6.45, 7) is 1.92. The van der Waals surface area contributed by atoms with E-state index in [1.807, 2.05) is 0 Å². The Morgan fingerprint density at radius 2 is 1.86 bits per heavy atom. The van der Waals surface area contributed by atoms with Crippen molar-refractivity contribution in [1.82, 2.24) is 15.2 Å². The van der Waals surface area contributed by atoms with Crippen LogP contribution in [0.4, 0.5) is 32.0 Å². The first kappa shape index (κ1) is 28.8. The first-order valence-corrected chi connectivity index (χ1v) is 11.6. The number of hydrogen-bond acceptors (Lipinski definition) is 4. The highest BCUT2D eigenvalue weighted by atomic mass is 35.5. The largest absolute Gasteiger partial charge is 0.378 e. The van der Waals surface area contributed by atoms with Crippen LogP contribution in [-0.4, -0.2) is 42.2 Å². The highest BCUT2D eigenvalue weighted by Gasteiger charge is 2.53. The Hall–Kier alpha value is -2.73. The molecule has 6 nitrogen and oxygen atoms in total. The lowest BCUT2D eigenvalue weighted by molar-refractivity contribution is 0.0648. The molecule has 1 aliphatic heterocycles. The van der Waals surface area contributed by atoms with Crippen molar-refractivity contribution in [1.29, 1.82) is 0 Å². The molecule has 37 heavy (non-hydrogen) atoms. The number of piperidine rings is 1. The third kappa shape index (κ3) is 5.74. The highest BCUT2D eigenvalue weighted by molar-refractivity contribution is 5.99. The second kappa shape index (κ2) is 11.3. The normalized spacial score (nSPS) is 21.3. The molecule has 0 unspecified atom stereocenters. The molecule has 0 bridgehead atoms. The molecule has 1 saturated carbocycles. The SMILES string of the molecule is C[C@@H](NC(=O)c1cn(C2(C(F)F)CC2)c(=O)cc1N[C@H]1CCNC[C@@H]1F)c1cccc(C(F)F)c1F.Cl. The molecule has 4 rings (SSSR count). The summed E-state index contributed by atoms with van der Waals surface area (Å²) >= 11 is 0. The Bertz CT molecular complexity index is 1190. The molecule has 2 heterocycles. The molecule has 0 radical (unpaired) electrons. The van der Waals surface area contributed by atoms with Gasteiger partial charge >= 0.3 is 0 Å². The van der Waals surface area contributed by atoms with E-state index in [2.05, 4.69) is 16.0 Å². The maximum Gasteiger partial charge on any atom is 0.266 e. The van der Waals surface area contributed by atoms with Crippen LogP contribution in [0.2, 0.25) is 0 Å². The first-order chi connectivity index (χ1) is 17.0. The summed E-state index contributed by atoms with van der Waals surface area (Å²) in [5.74, 6) is -2.04. The summed E-state index contributed by atoms with van der Waals surface area (Å²) in [5, 5.41) is 8.21. The van der Waals surface area contributed by atoms with E-state index in [1.165, 1.54) is 19.1 Å². The average Bonchev–Trinajstić information content (AvgIpc) is 3.62. The standard InChI is InChI=1S/C24H26F6N4O2.ClH/c1-12(13-3-2-4-14(20(13)26)21(27)28)32-22(36)15-11-34(24(6-7-24)23(29)30)19(35)9-18(15)33-17-5-8-31-10-16(17)25;/h2-4,9,11-12,16-17,21,23,31,33H,5-8,10H2,1H3,(H,32,36);1H/t12-,16+,17+;/m1./s1. The predicted molar refractivity (Wildman–Crippen MR) is 128 cm³/mol. The number of amides is 1. The summed E-state index contributed by atoms with van der Waals surface area (Å²) < 4.78 is 83.5. The van der Waals surface area contributed by atoms with E-state index in [0.29, 0.717) is 13.0 Å². The molecule has 13 heteroatoms. The predicted octanol–water partition coefficient (Wildman–Crippen LogP) is 4.70. The van der Waals surface area contributed by atoms with E-state index >= 15 is 0 Å². The number of anilines is 1. The van der Waals surface area contributed by atoms with Crippen LogP contribution in [0.15, 0.2) is 35.3 Å². The zero-order valence-corrected chi connectivity index (χ0v) is 20.6. The van der Waals surface area contributed by atoms with Gasteiger partial charge < -0.3 is 20.5 Å². The van der Waals surface area contributed by atoms with Gasteiger partial charge in [-0.1, -0.05) is 18.2 Å². The Morgan fingerprint density at radius 1 is 1.19 bits per heavy atom. The zero-order valence-electron chi connectivity index (χ0n) is 19.7. The van der Waals surface area contributed by atoms with Crippen molar-refractivity contribution in [2.75, 3.05) is 18.4 Å². The molecular weight excluding hydrogens is 526 g/mol. The molecule has 1 saturated heterocycles. The number of rotatable bonds is 8. The van der Waals surface area contributed by atoms with Crippen LogP contribution < -0.4 is 21.5 Å². The minimum Gasteiger partial charge on any atom is -0.378 e. The number of nitrogens with one attached hydrogen (secondary N) is 3. The van der Waals surface area contributed by atoms with Gasteiger partial charge in [0.15, 0.2) is 0 Å². The van der Waals surface area contributed by atoms with Crippen molar-refractivity contribution in [3.05, 3.63) is 63.3 Å². The lowest BCUT2D eigenvalue weighted by Gasteiger charge is -2.29. The topological polar surface area (TPSA) is 75.2 Å². The van der Waals surface area contributed by atoms with Gasteiger partial charge in [-0.3, -0.25) is 9.59 Å². The number of pyridine rings is 1. The van der Waals surface area contributed by atoms with Crippen LogP contribution >= 0.6 is 12.4 Å². The third-order valence-electron chi connectivity index (χ3n) is 6.80. The second-order valence-electron chi connectivity index (χ2n) is 9.22. The molecule has 204 valence electrons. The maximum absolute atomic E-state index is 14.6. The smallest absolute Gasteiger partial charge is 0.266 e. The summed E-state index contributed by atoms with van der Waals surface area (Å²) in [4.78, 5) is 26.0. The Kier molecular flexibility index (Phi) is 8.84. The van der Waals surface area contributed by atoms with Gasteiger partial charge in [0, 0.05) is 24.4 Å². The molecular formula is C24H27ClF6N4O2. The second-order valence-corrected chi connectivity index (χ2v) is 9.22. The van der Waals surface area contributed by atoms with Gasteiger partial charge in [0.2, 0.25) is 0 Å². The van der Waals surface area contributed by atoms with Gasteiger partial charge in [0.05, 0.1) is 28.9 Å². The van der Waals surface area contributed by atoms with Crippen LogP contribution in [0.5, 0.6) is 0 Å². The van der Waals surface area contributed by atoms with Crippen LogP contribution in [0.3, 0.4) is 0 Å². The molecule has 2 aromatic rings. The molecule has 1 aliphatic carbocycles. The molecule has 3 atom stereocenters. The van der Waals surface area contributed by atoms with Crippen LogP contribution in [0, 0.1) is 5.82 Å². The molecule has 2 aliphatic rings. The zero-order chi connectivity index (χ0) is 26.2. The number of aromatic nitrogens is 1. The Morgan fingerprint density at radius 3 is 2.46 bits per heavy atom. The van der Waals surface area contributed by atoms with Gasteiger partial charge in [0.25, 0.3) is 24.3 Å². The summed E-state index contributed by atoms with van der Waals surface area (Å²) in [6.07, 6.45) is -5.81. The van der Waals surface area contributed by atoms with E-state index in [0.717, 1.165) is 22.9 Å². The first-order valence-electron chi connectivity index (χ1n) is 11.6. The van der Waals surface area contributed by atoms with E-state index < -0.39 is 59.5 Å². The number of nitrogens with zero attached hydrogens (tertiary/aromatic N) is 1. The average molecular weight is 553 g/mol. The van der Waals surface area contributed by atoms with Gasteiger partial charge in [-0.25, -0.2) is 26.3 Å². The van der Waals surface area contributed by atoms with Crippen LogP contribution in [-0.2, 0) is 5.54 Å². The molecule has 3 N–H and O–H groups in total. The summed E-state index contributed by atoms with van der Waals surface area (Å²) in [6, 6.07) is 2.56. The van der Waals surface area contributed by atoms with Crippen LogP contribution in [0.25, 0.3) is 0 Å². The maximum atomic E-state index is 14.6. The van der Waals surface area contributed by atoms with Crippen molar-refractivity contribution in [3.63, 3.8) is 0 Å². The van der Waals surface area contributed by atoms with E-state index in [4.69, 9.17) is 0 Å². The number of benzene rings is 1. The van der Waals surface area contributed by atoms with Crippen molar-refractivity contribution >= 4 is 24.0 Å². The number of carbonyl (C=O) groups excluding carboxylic acids is 1. The molecule has 2 fully saturated rings. The quantitative estimate of drug-likeness (QED) is 0.415. The van der Waals surface area contributed by atoms with Gasteiger partial charge in [-0.05, 0) is 32.7 Å². The molecule has 1 aromatic heterocycles. The third-order valence-corrected chi connectivity index (χ3v) is 6.80. The van der Waals surface area contributed by atoms with Crippen LogP contribution in [0.1, 0.15) is 60.1 Å². The van der Waals surface area contributed by atoms with E-state index in [-0.39, 0.29) is 48.6 Å². The van der Waals surface area contributed by atoms with Gasteiger partial charge in [0.1, 0.15) is 17.5 Å². The van der Waals surface area contributed by atoms with Gasteiger partial charge in [-0.2, -0.15) is 0 Å². The fourth-order valence-electron chi connectivity index (χ4n) is 4.48. The number of halogens is 7. The highest BCUT2D eigenvalue weighted by Crippen LogP contribution is 2.48. The minimum absolute atomic E-state index is 0. The van der Waals surface area contributed by atoms with E-state index in [9.17, 15) is 35.9 Å². The van der Waals surface area contributed by atoms with Crippen molar-refractivity contribution in [2.45, 2.75) is 62.8 Å².